The molecule has 0 saturated carbocycles. The van der Waals surface area contributed by atoms with Crippen molar-refractivity contribution in [3.63, 3.8) is 0 Å². The number of nitrogens with zero attached hydrogens (tertiary/aromatic N) is 1. The van der Waals surface area contributed by atoms with E-state index < -0.39 is 29.7 Å². The molecule has 7 nitrogen and oxygen atoms in total. The number of hydrogen-bond acceptors (Lipinski definition) is 6. The van der Waals surface area contributed by atoms with Crippen molar-refractivity contribution < 1.29 is 24.2 Å². The number of esters is 1. The highest BCUT2D eigenvalue weighted by Gasteiger charge is 2.53. The first-order valence-corrected chi connectivity index (χ1v) is 11.9. The summed E-state index contributed by atoms with van der Waals surface area (Å²) >= 11 is 1.44. The van der Waals surface area contributed by atoms with Crippen molar-refractivity contribution in [2.24, 2.45) is 5.92 Å². The van der Waals surface area contributed by atoms with Crippen molar-refractivity contribution in [2.75, 3.05) is 0 Å². The van der Waals surface area contributed by atoms with Gasteiger partial charge >= 0.3 is 5.97 Å². The zero-order valence-corrected chi connectivity index (χ0v) is 20.4. The van der Waals surface area contributed by atoms with Gasteiger partial charge in [-0.2, -0.15) is 0 Å². The minimum Gasteiger partial charge on any atom is -0.459 e. The molecule has 0 radical (unpaired) electrons. The summed E-state index contributed by atoms with van der Waals surface area (Å²) in [6, 6.07) is 8.16. The lowest BCUT2D eigenvalue weighted by Gasteiger charge is -2.45. The molecule has 8 heteroatoms. The Labute approximate surface area is 194 Å². The largest absolute Gasteiger partial charge is 0.459 e. The van der Waals surface area contributed by atoms with Crippen molar-refractivity contribution in [1.29, 1.82) is 0 Å². The van der Waals surface area contributed by atoms with Gasteiger partial charge < -0.3 is 20.1 Å². The fraction of sp³-hybridized carbons (Fsp3) is 0.542. The molecule has 0 saturated heterocycles. The lowest BCUT2D eigenvalue weighted by molar-refractivity contribution is -0.185. The van der Waals surface area contributed by atoms with Crippen LogP contribution >= 0.6 is 11.8 Å². The second kappa shape index (κ2) is 11.0. The highest BCUT2D eigenvalue weighted by atomic mass is 32.2. The van der Waals surface area contributed by atoms with Gasteiger partial charge in [-0.15, -0.1) is 11.8 Å². The number of benzene rings is 1. The molecule has 3 atom stereocenters. The molecule has 0 fully saturated rings. The summed E-state index contributed by atoms with van der Waals surface area (Å²) in [5.74, 6) is -1.76. The van der Waals surface area contributed by atoms with Gasteiger partial charge in [0, 0.05) is 12.6 Å². The van der Waals surface area contributed by atoms with Crippen molar-refractivity contribution >= 4 is 29.5 Å². The SMILES string of the molecule is CCC1=CSC(C(C)C)C(=O)N1[C@@H](Cc1ccccc1)C(O)(NC(C)=O)C(=O)OC(C)C. The molecule has 2 N–H and O–H groups in total. The van der Waals surface area contributed by atoms with Crippen molar-refractivity contribution in [2.45, 2.75) is 77.5 Å². The van der Waals surface area contributed by atoms with E-state index in [1.54, 1.807) is 13.8 Å². The van der Waals surface area contributed by atoms with Crippen LogP contribution in [0.5, 0.6) is 0 Å². The number of aliphatic hydroxyl groups is 1. The number of amides is 2. The van der Waals surface area contributed by atoms with Crippen LogP contribution in [0, 0.1) is 5.92 Å². The summed E-state index contributed by atoms with van der Waals surface area (Å²) < 4.78 is 5.34. The van der Waals surface area contributed by atoms with Gasteiger partial charge in [0.15, 0.2) is 0 Å². The molecular formula is C24H34N2O5S. The molecule has 0 aliphatic carbocycles. The maximum Gasteiger partial charge on any atom is 0.362 e. The molecule has 2 rings (SSSR count). The Morgan fingerprint density at radius 2 is 1.84 bits per heavy atom. The molecule has 1 aromatic rings. The lowest BCUT2D eigenvalue weighted by atomic mass is 9.92. The summed E-state index contributed by atoms with van der Waals surface area (Å²) in [7, 11) is 0. The topological polar surface area (TPSA) is 95.9 Å². The molecule has 2 unspecified atom stereocenters. The maximum atomic E-state index is 13.6. The van der Waals surface area contributed by atoms with E-state index in [4.69, 9.17) is 4.74 Å². The Balaban J connectivity index is 2.67. The van der Waals surface area contributed by atoms with Crippen LogP contribution in [0.15, 0.2) is 41.4 Å². The van der Waals surface area contributed by atoms with Gasteiger partial charge in [-0.25, -0.2) is 4.79 Å². The van der Waals surface area contributed by atoms with Gasteiger partial charge in [-0.3, -0.25) is 9.59 Å². The van der Waals surface area contributed by atoms with Crippen molar-refractivity contribution in [3.8, 4) is 0 Å². The number of rotatable bonds is 9. The molecule has 0 spiro atoms. The number of ether oxygens (including phenoxy) is 1. The summed E-state index contributed by atoms with van der Waals surface area (Å²) in [5, 5.41) is 15.6. The molecule has 1 aliphatic rings. The standard InChI is InChI=1S/C24H34N2O5S/c1-7-19-14-32-21(15(2)3)22(28)26(19)20(13-18-11-9-8-10-12-18)24(30,25-17(6)27)23(29)31-16(4)5/h8-12,14-16,20-21,30H,7,13H2,1-6H3,(H,25,27)/t20-,21?,24?/m0/s1. The Kier molecular flexibility index (Phi) is 8.92. The molecule has 2 amide bonds. The van der Waals surface area contributed by atoms with E-state index in [9.17, 15) is 19.5 Å². The molecular weight excluding hydrogens is 428 g/mol. The zero-order chi connectivity index (χ0) is 24.1. The Hall–Kier alpha value is -2.32. The summed E-state index contributed by atoms with van der Waals surface area (Å²) in [6.45, 7) is 10.4. The monoisotopic (exact) mass is 462 g/mol. The number of nitrogens with one attached hydrogen (secondary N) is 1. The fourth-order valence-corrected chi connectivity index (χ4v) is 4.83. The van der Waals surface area contributed by atoms with Crippen LogP contribution in [0.4, 0.5) is 0 Å². The number of carbonyl (C=O) groups excluding carboxylic acids is 3. The zero-order valence-electron chi connectivity index (χ0n) is 19.6. The first-order chi connectivity index (χ1) is 15.0. The van der Waals surface area contributed by atoms with E-state index in [1.807, 2.05) is 56.5 Å². The van der Waals surface area contributed by atoms with Crippen molar-refractivity contribution in [1.82, 2.24) is 10.2 Å². The number of thioether (sulfide) groups is 1. The first kappa shape index (κ1) is 25.9. The average Bonchev–Trinajstić information content (AvgIpc) is 2.71. The van der Waals surface area contributed by atoms with Crippen LogP contribution in [-0.4, -0.2) is 50.9 Å². The van der Waals surface area contributed by atoms with E-state index in [2.05, 4.69) is 5.32 Å². The second-order valence-electron chi connectivity index (χ2n) is 8.58. The number of hydrogen-bond donors (Lipinski definition) is 2. The third kappa shape index (κ3) is 5.92. The van der Waals surface area contributed by atoms with Gasteiger partial charge in [-0.1, -0.05) is 51.1 Å². The molecule has 32 heavy (non-hydrogen) atoms. The average molecular weight is 463 g/mol. The van der Waals surface area contributed by atoms with Gasteiger partial charge in [0.05, 0.1) is 17.4 Å². The highest BCUT2D eigenvalue weighted by Crippen LogP contribution is 2.36. The Bertz CT molecular complexity index is 855. The molecule has 0 aromatic heterocycles. The minimum atomic E-state index is -2.43. The summed E-state index contributed by atoms with van der Waals surface area (Å²) in [6.07, 6.45) is 0.144. The summed E-state index contributed by atoms with van der Waals surface area (Å²) in [4.78, 5) is 40.4. The van der Waals surface area contributed by atoms with Crippen LogP contribution in [-0.2, 0) is 25.5 Å². The third-order valence-corrected chi connectivity index (χ3v) is 6.64. The predicted molar refractivity (Wildman–Crippen MR) is 125 cm³/mol. The van der Waals surface area contributed by atoms with E-state index in [0.717, 1.165) is 5.56 Å². The summed E-state index contributed by atoms with van der Waals surface area (Å²) in [5.41, 5.74) is -0.945. The van der Waals surface area contributed by atoms with Crippen LogP contribution in [0.25, 0.3) is 0 Å². The minimum absolute atomic E-state index is 0.0403. The van der Waals surface area contributed by atoms with Crippen LogP contribution < -0.4 is 5.32 Å². The fourth-order valence-electron chi connectivity index (χ4n) is 3.70. The Morgan fingerprint density at radius 1 is 1.22 bits per heavy atom. The van der Waals surface area contributed by atoms with E-state index >= 15 is 0 Å². The highest BCUT2D eigenvalue weighted by molar-refractivity contribution is 8.03. The Morgan fingerprint density at radius 3 is 2.34 bits per heavy atom. The van der Waals surface area contributed by atoms with Crippen LogP contribution in [0.3, 0.4) is 0 Å². The van der Waals surface area contributed by atoms with Gasteiger partial charge in [-0.05, 0) is 43.6 Å². The van der Waals surface area contributed by atoms with Crippen LogP contribution in [0.1, 0.15) is 53.5 Å². The van der Waals surface area contributed by atoms with Crippen molar-refractivity contribution in [3.05, 3.63) is 47.0 Å². The molecule has 1 aliphatic heterocycles. The second-order valence-corrected chi connectivity index (χ2v) is 9.59. The van der Waals surface area contributed by atoms with E-state index in [0.29, 0.717) is 12.1 Å². The van der Waals surface area contributed by atoms with Gasteiger partial charge in [0.1, 0.15) is 0 Å². The third-order valence-electron chi connectivity index (χ3n) is 5.20. The van der Waals surface area contributed by atoms with Gasteiger partial charge in [0.2, 0.25) is 11.8 Å². The van der Waals surface area contributed by atoms with E-state index in [1.165, 1.54) is 23.6 Å². The normalized spacial score (nSPS) is 19.4. The number of carbonyl (C=O) groups is 3. The molecule has 0 bridgehead atoms. The van der Waals surface area contributed by atoms with Gasteiger partial charge in [0.25, 0.3) is 5.72 Å². The predicted octanol–water partition coefficient (Wildman–Crippen LogP) is 3.23. The molecule has 1 aromatic carbocycles. The molecule has 176 valence electrons. The maximum absolute atomic E-state index is 13.6. The van der Waals surface area contributed by atoms with Crippen LogP contribution in [0.2, 0.25) is 0 Å². The smallest absolute Gasteiger partial charge is 0.362 e. The quantitative estimate of drug-likeness (QED) is 0.432. The molecule has 1 heterocycles. The first-order valence-electron chi connectivity index (χ1n) is 10.9. The number of allylic oxidation sites excluding steroid dienone is 1. The van der Waals surface area contributed by atoms with E-state index in [-0.39, 0.29) is 23.5 Å². The lowest BCUT2D eigenvalue weighted by Crippen LogP contribution is -2.69.